The van der Waals surface area contributed by atoms with Gasteiger partial charge in [-0.1, -0.05) is 23.2 Å². The third-order valence-corrected chi connectivity index (χ3v) is 5.12. The van der Waals surface area contributed by atoms with Crippen molar-refractivity contribution >= 4 is 52.4 Å². The van der Waals surface area contributed by atoms with Gasteiger partial charge in [-0.05, 0) is 44.1 Å². The van der Waals surface area contributed by atoms with Gasteiger partial charge in [0.05, 0.1) is 14.2 Å². The maximum atomic E-state index is 8.21. The number of hydrogen-bond acceptors (Lipinski definition) is 8. The van der Waals surface area contributed by atoms with Crippen LogP contribution in [0.3, 0.4) is 0 Å². The van der Waals surface area contributed by atoms with Crippen molar-refractivity contribution in [2.24, 2.45) is 5.92 Å². The average Bonchev–Trinajstić information content (AvgIpc) is 3.11. The summed E-state index contributed by atoms with van der Waals surface area (Å²) < 4.78 is 5.48. The minimum atomic E-state index is -0.0600. The molecule has 31 heavy (non-hydrogen) atoms. The second kappa shape index (κ2) is 10.7. The summed E-state index contributed by atoms with van der Waals surface area (Å²) in [5, 5.41) is 18.2. The Morgan fingerprint density at radius 3 is 2.48 bits per heavy atom. The number of halogens is 2. The molecule has 3 rings (SSSR count). The summed E-state index contributed by atoms with van der Waals surface area (Å²) in [5.41, 5.74) is 3.25. The third kappa shape index (κ3) is 6.47. The highest BCUT2D eigenvalue weighted by molar-refractivity contribution is 6.35. The molecule has 0 bridgehead atoms. The molecule has 1 aliphatic rings. The van der Waals surface area contributed by atoms with Crippen molar-refractivity contribution in [3.63, 3.8) is 0 Å². The van der Waals surface area contributed by atoms with E-state index in [1.54, 1.807) is 18.2 Å². The molecule has 168 valence electrons. The summed E-state index contributed by atoms with van der Waals surface area (Å²) >= 11 is 12.0. The molecule has 0 radical (unpaired) electrons. The van der Waals surface area contributed by atoms with Crippen LogP contribution >= 0.6 is 23.2 Å². The lowest BCUT2D eigenvalue weighted by Crippen LogP contribution is -2.23. The zero-order chi connectivity index (χ0) is 22.4. The Morgan fingerprint density at radius 1 is 1.16 bits per heavy atom. The fourth-order valence-electron chi connectivity index (χ4n) is 3.33. The number of ether oxygens (including phenoxy) is 1. The summed E-state index contributed by atoms with van der Waals surface area (Å²) in [6, 6.07) is 4.92. The van der Waals surface area contributed by atoms with E-state index < -0.39 is 0 Å². The van der Waals surface area contributed by atoms with Crippen LogP contribution in [-0.2, 0) is 4.84 Å². The van der Waals surface area contributed by atoms with Crippen molar-refractivity contribution < 1.29 is 9.57 Å². The Balaban J connectivity index is 1.76. The number of anilines is 4. The van der Waals surface area contributed by atoms with Crippen molar-refractivity contribution in [1.29, 1.82) is 5.41 Å². The molecule has 1 aliphatic heterocycles. The predicted octanol–water partition coefficient (Wildman–Crippen LogP) is 3.59. The summed E-state index contributed by atoms with van der Waals surface area (Å²) in [6.07, 6.45) is 1.11. The Hall–Kier alpha value is -2.53. The molecule has 0 amide bonds. The van der Waals surface area contributed by atoms with E-state index in [4.69, 9.17) is 38.2 Å². The van der Waals surface area contributed by atoms with Crippen molar-refractivity contribution in [1.82, 2.24) is 14.9 Å². The number of likely N-dealkylation sites (tertiary alicyclic amines) is 1. The van der Waals surface area contributed by atoms with Crippen molar-refractivity contribution in [3.05, 3.63) is 28.2 Å². The van der Waals surface area contributed by atoms with Gasteiger partial charge in [0.2, 0.25) is 11.7 Å². The Morgan fingerprint density at radius 2 is 1.87 bits per heavy atom. The van der Waals surface area contributed by atoms with E-state index in [2.05, 4.69) is 43.3 Å². The number of nitrogens with one attached hydrogen (secondary N) is 5. The molecule has 1 fully saturated rings. The van der Waals surface area contributed by atoms with Gasteiger partial charge in [0.15, 0.2) is 17.6 Å². The number of guanidine groups is 1. The quantitative estimate of drug-likeness (QED) is 0.225. The SMILES string of the molecule is CONc1nc(NC(=N)Nc2cc(Cl)cc(Cl)c2)nc(NCC2CCN(C)C2)c1OC. The molecular formula is C19H26Cl2N8O2. The molecular weight excluding hydrogens is 443 g/mol. The van der Waals surface area contributed by atoms with Crippen molar-refractivity contribution in [3.8, 4) is 5.75 Å². The molecule has 1 saturated heterocycles. The zero-order valence-corrected chi connectivity index (χ0v) is 19.1. The van der Waals surface area contributed by atoms with Gasteiger partial charge in [0.1, 0.15) is 0 Å². The number of nitrogens with zero attached hydrogens (tertiary/aromatic N) is 3. The number of methoxy groups -OCH3 is 1. The molecule has 10 nitrogen and oxygen atoms in total. The van der Waals surface area contributed by atoms with Crippen LogP contribution in [0.2, 0.25) is 10.0 Å². The van der Waals surface area contributed by atoms with E-state index in [-0.39, 0.29) is 11.9 Å². The highest BCUT2D eigenvalue weighted by atomic mass is 35.5. The molecule has 1 aromatic carbocycles. The van der Waals surface area contributed by atoms with Gasteiger partial charge in [-0.3, -0.25) is 15.6 Å². The van der Waals surface area contributed by atoms with Crippen LogP contribution in [-0.4, -0.2) is 61.7 Å². The van der Waals surface area contributed by atoms with Crippen LogP contribution in [0.4, 0.5) is 23.3 Å². The Kier molecular flexibility index (Phi) is 7.97. The summed E-state index contributed by atoms with van der Waals surface area (Å²) in [6.45, 7) is 2.83. The van der Waals surface area contributed by atoms with E-state index in [0.29, 0.717) is 39.0 Å². The molecule has 0 spiro atoms. The van der Waals surface area contributed by atoms with Crippen LogP contribution in [0.5, 0.6) is 5.75 Å². The molecule has 1 aromatic heterocycles. The monoisotopic (exact) mass is 468 g/mol. The van der Waals surface area contributed by atoms with E-state index in [0.717, 1.165) is 26.1 Å². The molecule has 1 atom stereocenters. The first-order valence-corrected chi connectivity index (χ1v) is 10.4. The van der Waals surface area contributed by atoms with E-state index in [1.165, 1.54) is 14.2 Å². The Bertz CT molecular complexity index is 910. The molecule has 2 heterocycles. The van der Waals surface area contributed by atoms with Crippen LogP contribution < -0.4 is 26.2 Å². The minimum absolute atomic E-state index is 0.0600. The van der Waals surface area contributed by atoms with Crippen LogP contribution in [0, 0.1) is 11.3 Å². The van der Waals surface area contributed by atoms with Crippen molar-refractivity contribution in [2.45, 2.75) is 6.42 Å². The van der Waals surface area contributed by atoms with Gasteiger partial charge >= 0.3 is 0 Å². The molecule has 2 aromatic rings. The molecule has 12 heteroatoms. The first-order valence-electron chi connectivity index (χ1n) is 9.64. The molecule has 0 aliphatic carbocycles. The van der Waals surface area contributed by atoms with Gasteiger partial charge in [0.25, 0.3) is 0 Å². The second-order valence-corrected chi connectivity index (χ2v) is 8.04. The molecule has 1 unspecified atom stereocenters. The first kappa shape index (κ1) is 23.1. The minimum Gasteiger partial charge on any atom is -0.490 e. The highest BCUT2D eigenvalue weighted by Gasteiger charge is 2.21. The fourth-order valence-corrected chi connectivity index (χ4v) is 3.86. The largest absolute Gasteiger partial charge is 0.490 e. The van der Waals surface area contributed by atoms with Crippen LogP contribution in [0.1, 0.15) is 6.42 Å². The number of benzene rings is 1. The lowest BCUT2D eigenvalue weighted by Gasteiger charge is -2.18. The Labute approximate surface area is 191 Å². The topological polar surface area (TPSA) is 119 Å². The maximum Gasteiger partial charge on any atom is 0.233 e. The van der Waals surface area contributed by atoms with Gasteiger partial charge < -0.3 is 20.3 Å². The molecule has 0 saturated carbocycles. The van der Waals surface area contributed by atoms with E-state index in [9.17, 15) is 0 Å². The summed E-state index contributed by atoms with van der Waals surface area (Å²) in [4.78, 5) is 16.1. The first-order chi connectivity index (χ1) is 14.9. The molecule has 5 N–H and O–H groups in total. The third-order valence-electron chi connectivity index (χ3n) is 4.68. The van der Waals surface area contributed by atoms with Gasteiger partial charge in [-0.25, -0.2) is 5.48 Å². The lowest BCUT2D eigenvalue weighted by atomic mass is 10.1. The number of hydrogen-bond donors (Lipinski definition) is 5. The zero-order valence-electron chi connectivity index (χ0n) is 17.6. The number of rotatable bonds is 8. The van der Waals surface area contributed by atoms with Crippen LogP contribution in [0.15, 0.2) is 18.2 Å². The van der Waals surface area contributed by atoms with Gasteiger partial charge in [0, 0.05) is 28.8 Å². The lowest BCUT2D eigenvalue weighted by molar-refractivity contribution is 0.266. The van der Waals surface area contributed by atoms with Gasteiger partial charge in [-0.2, -0.15) is 9.97 Å². The fraction of sp³-hybridized carbons (Fsp3) is 0.421. The van der Waals surface area contributed by atoms with Crippen LogP contribution in [0.25, 0.3) is 0 Å². The standard InChI is InChI=1S/C19H26Cl2N8O2/c1-29-5-4-11(10-29)9-23-16-15(30-2)17(28-31-3)26-19(25-16)27-18(22)24-14-7-12(20)6-13(21)8-14/h6-8,11H,4-5,9-10H2,1-3H3,(H5,22,23,24,25,26,27,28). The smallest absolute Gasteiger partial charge is 0.233 e. The normalized spacial score (nSPS) is 16.1. The predicted molar refractivity (Wildman–Crippen MR) is 125 cm³/mol. The average molecular weight is 469 g/mol. The van der Waals surface area contributed by atoms with Crippen molar-refractivity contribution in [2.75, 3.05) is 62.3 Å². The highest BCUT2D eigenvalue weighted by Crippen LogP contribution is 2.32. The second-order valence-electron chi connectivity index (χ2n) is 7.16. The van der Waals surface area contributed by atoms with E-state index in [1.807, 2.05) is 0 Å². The van der Waals surface area contributed by atoms with E-state index >= 15 is 0 Å². The summed E-state index contributed by atoms with van der Waals surface area (Å²) in [7, 11) is 5.12. The summed E-state index contributed by atoms with van der Waals surface area (Å²) in [5.74, 6) is 1.86. The maximum absolute atomic E-state index is 8.21. The number of aromatic nitrogens is 2. The van der Waals surface area contributed by atoms with Gasteiger partial charge in [-0.15, -0.1) is 0 Å².